The van der Waals surface area contributed by atoms with Gasteiger partial charge in [0.2, 0.25) is 0 Å². The molecule has 0 amide bonds. The molecule has 1 aliphatic rings. The van der Waals surface area contributed by atoms with E-state index in [1.165, 1.54) is 76.7 Å². The van der Waals surface area contributed by atoms with Gasteiger partial charge >= 0.3 is 0 Å². The maximum absolute atomic E-state index is 4.23. The maximum Gasteiger partial charge on any atom is 0.0340 e. The lowest BCUT2D eigenvalue weighted by molar-refractivity contribution is 0.566. The van der Waals surface area contributed by atoms with E-state index >= 15 is 0 Å². The monoisotopic (exact) mass is 491 g/mol. The Morgan fingerprint density at radius 3 is 2.19 bits per heavy atom. The molecular weight excluding hydrogens is 446 g/mol. The topological polar surface area (TPSA) is 12.0 Å². The Labute approximate surface area is 226 Å². The molecule has 0 radical (unpaired) electrons. The zero-order chi connectivity index (χ0) is 27.2. The molecule has 1 N–H and O–H groups in total. The summed E-state index contributed by atoms with van der Waals surface area (Å²) in [5.41, 5.74) is 14.1. The molecule has 0 bridgehead atoms. The van der Waals surface area contributed by atoms with Crippen LogP contribution < -0.4 is 5.32 Å². The summed E-state index contributed by atoms with van der Waals surface area (Å²) in [6.07, 6.45) is 8.66. The van der Waals surface area contributed by atoms with Gasteiger partial charge < -0.3 is 5.32 Å². The summed E-state index contributed by atoms with van der Waals surface area (Å²) in [5.74, 6) is 0.875. The van der Waals surface area contributed by atoms with E-state index in [2.05, 4.69) is 106 Å². The predicted molar refractivity (Wildman–Crippen MR) is 167 cm³/mol. The molecular formula is C36H45N. The van der Waals surface area contributed by atoms with E-state index < -0.39 is 0 Å². The van der Waals surface area contributed by atoms with E-state index in [9.17, 15) is 0 Å². The van der Waals surface area contributed by atoms with E-state index in [0.717, 1.165) is 11.5 Å². The van der Waals surface area contributed by atoms with Crippen molar-refractivity contribution in [3.05, 3.63) is 126 Å². The number of allylic oxidation sites excluding steroid dienone is 2. The van der Waals surface area contributed by atoms with Crippen LogP contribution in [0.25, 0.3) is 17.2 Å². The van der Waals surface area contributed by atoms with Crippen LogP contribution in [0.1, 0.15) is 72.4 Å². The number of hydrogen-bond acceptors (Lipinski definition) is 1. The zero-order valence-corrected chi connectivity index (χ0v) is 23.7. The van der Waals surface area contributed by atoms with E-state index in [4.69, 9.17) is 0 Å². The average Bonchev–Trinajstić information content (AvgIpc) is 3.43. The lowest BCUT2D eigenvalue weighted by Crippen LogP contribution is -1.95. The van der Waals surface area contributed by atoms with Gasteiger partial charge in [0.15, 0.2) is 0 Å². The molecule has 0 spiro atoms. The minimum absolute atomic E-state index is 0.875. The SMILES string of the molecule is C=C=C(C)c1ccc(C)c(C)c1.C=Cc1cccc(C(=C)CC2CCCC2)c1.CNc1cccc(C)c1. The molecule has 0 aliphatic heterocycles. The fourth-order valence-corrected chi connectivity index (χ4v) is 4.44. The van der Waals surface area contributed by atoms with Gasteiger partial charge in [-0.2, -0.15) is 0 Å². The molecule has 1 aliphatic carbocycles. The van der Waals surface area contributed by atoms with Gasteiger partial charge in [-0.05, 0) is 103 Å². The number of rotatable bonds is 6. The Morgan fingerprint density at radius 2 is 1.62 bits per heavy atom. The minimum Gasteiger partial charge on any atom is -0.388 e. The maximum atomic E-state index is 4.23. The minimum atomic E-state index is 0.875. The summed E-state index contributed by atoms with van der Waals surface area (Å²) in [5, 5.41) is 3.07. The molecule has 1 saturated carbocycles. The smallest absolute Gasteiger partial charge is 0.0340 e. The number of aryl methyl sites for hydroxylation is 3. The normalized spacial score (nSPS) is 12.2. The lowest BCUT2D eigenvalue weighted by Gasteiger charge is -2.12. The van der Waals surface area contributed by atoms with Crippen LogP contribution in [0, 0.1) is 26.7 Å². The van der Waals surface area contributed by atoms with Crippen LogP contribution in [0.5, 0.6) is 0 Å². The highest BCUT2D eigenvalue weighted by Crippen LogP contribution is 2.33. The molecule has 0 atom stereocenters. The predicted octanol–water partition coefficient (Wildman–Crippen LogP) is 10.5. The molecule has 1 heteroatoms. The van der Waals surface area contributed by atoms with E-state index in [0.29, 0.717) is 0 Å². The van der Waals surface area contributed by atoms with E-state index in [-0.39, 0.29) is 0 Å². The Hall–Kier alpha value is -3.54. The Bertz CT molecular complexity index is 1220. The van der Waals surface area contributed by atoms with Gasteiger partial charge in [-0.15, -0.1) is 5.73 Å². The average molecular weight is 492 g/mol. The first kappa shape index (κ1) is 29.7. The third kappa shape index (κ3) is 10.2. The highest BCUT2D eigenvalue weighted by molar-refractivity contribution is 5.66. The molecule has 3 aromatic rings. The fourth-order valence-electron chi connectivity index (χ4n) is 4.44. The number of anilines is 1. The van der Waals surface area contributed by atoms with Crippen LogP contribution in [0.3, 0.4) is 0 Å². The van der Waals surface area contributed by atoms with Crippen LogP contribution in [0.15, 0.2) is 92.2 Å². The van der Waals surface area contributed by atoms with Gasteiger partial charge in [0.1, 0.15) is 0 Å². The first-order valence-corrected chi connectivity index (χ1v) is 13.4. The van der Waals surface area contributed by atoms with Crippen LogP contribution in [0.4, 0.5) is 5.69 Å². The van der Waals surface area contributed by atoms with Crippen molar-refractivity contribution in [1.82, 2.24) is 0 Å². The van der Waals surface area contributed by atoms with Gasteiger partial charge in [0, 0.05) is 12.7 Å². The van der Waals surface area contributed by atoms with Crippen molar-refractivity contribution in [2.24, 2.45) is 5.92 Å². The number of hydrogen-bond donors (Lipinski definition) is 1. The Kier molecular flexibility index (Phi) is 12.5. The molecule has 37 heavy (non-hydrogen) atoms. The number of nitrogens with one attached hydrogen (secondary N) is 1. The third-order valence-electron chi connectivity index (χ3n) is 7.05. The first-order chi connectivity index (χ1) is 17.8. The van der Waals surface area contributed by atoms with Gasteiger partial charge in [0.25, 0.3) is 0 Å². The zero-order valence-electron chi connectivity index (χ0n) is 23.7. The molecule has 3 aromatic carbocycles. The van der Waals surface area contributed by atoms with Gasteiger partial charge in [0.05, 0.1) is 0 Å². The molecule has 0 heterocycles. The van der Waals surface area contributed by atoms with Crippen molar-refractivity contribution in [2.45, 2.75) is 59.8 Å². The van der Waals surface area contributed by atoms with Crippen LogP contribution >= 0.6 is 0 Å². The summed E-state index contributed by atoms with van der Waals surface area (Å²) in [7, 11) is 1.93. The van der Waals surface area contributed by atoms with Gasteiger partial charge in [-0.1, -0.05) is 100 Å². The second-order valence-electron chi connectivity index (χ2n) is 10.0. The van der Waals surface area contributed by atoms with Crippen molar-refractivity contribution in [3.8, 4) is 0 Å². The molecule has 1 nitrogen and oxygen atoms in total. The molecule has 194 valence electrons. The summed E-state index contributed by atoms with van der Waals surface area (Å²) in [6.45, 7) is 20.0. The highest BCUT2D eigenvalue weighted by Gasteiger charge is 2.16. The van der Waals surface area contributed by atoms with Crippen LogP contribution in [0.2, 0.25) is 0 Å². The Morgan fingerprint density at radius 1 is 0.919 bits per heavy atom. The summed E-state index contributed by atoms with van der Waals surface area (Å²) >= 11 is 0. The Balaban J connectivity index is 0.000000204. The van der Waals surface area contributed by atoms with E-state index in [1.807, 2.05) is 32.2 Å². The molecule has 0 aromatic heterocycles. The second kappa shape index (κ2) is 15.5. The van der Waals surface area contributed by atoms with Crippen LogP contribution in [-0.4, -0.2) is 7.05 Å². The van der Waals surface area contributed by atoms with E-state index in [1.54, 1.807) is 0 Å². The summed E-state index contributed by atoms with van der Waals surface area (Å²) < 4.78 is 0. The quantitative estimate of drug-likeness (QED) is 0.338. The van der Waals surface area contributed by atoms with Crippen molar-refractivity contribution < 1.29 is 0 Å². The van der Waals surface area contributed by atoms with Crippen LogP contribution in [-0.2, 0) is 0 Å². The van der Waals surface area contributed by atoms with Crippen molar-refractivity contribution in [2.75, 3.05) is 12.4 Å². The first-order valence-electron chi connectivity index (χ1n) is 13.4. The fraction of sp³-hybridized carbons (Fsp3) is 0.306. The summed E-state index contributed by atoms with van der Waals surface area (Å²) in [4.78, 5) is 0. The van der Waals surface area contributed by atoms with Crippen molar-refractivity contribution >= 4 is 22.9 Å². The van der Waals surface area contributed by atoms with Crippen molar-refractivity contribution in [3.63, 3.8) is 0 Å². The lowest BCUT2D eigenvalue weighted by atomic mass is 9.93. The second-order valence-corrected chi connectivity index (χ2v) is 10.0. The highest BCUT2D eigenvalue weighted by atomic mass is 14.8. The molecule has 1 fully saturated rings. The molecule has 4 rings (SSSR count). The standard InChI is InChI=1S/C16H20.C12H14.C8H11N/c1-3-14-9-6-10-16(12-14)13(2)11-15-7-4-5-8-15;1-5-9(2)12-7-6-10(3)11(4)8-12;1-7-4-3-5-8(6-7)9-2/h3,6,9-10,12,15H,1-2,4-5,7-8,11H2;6-8H,1H2,2-4H3;3-6,9H,1-2H3. The summed E-state index contributed by atoms with van der Waals surface area (Å²) in [6, 6.07) is 23.2. The van der Waals surface area contributed by atoms with Gasteiger partial charge in [-0.25, -0.2) is 0 Å². The molecule has 0 unspecified atom stereocenters. The van der Waals surface area contributed by atoms with Crippen molar-refractivity contribution in [1.29, 1.82) is 0 Å². The largest absolute Gasteiger partial charge is 0.388 e. The molecule has 0 saturated heterocycles. The number of benzene rings is 3. The third-order valence-corrected chi connectivity index (χ3v) is 7.05. The van der Waals surface area contributed by atoms with Gasteiger partial charge in [-0.3, -0.25) is 0 Å².